The van der Waals surface area contributed by atoms with E-state index in [1.54, 1.807) is 6.08 Å². The van der Waals surface area contributed by atoms with E-state index < -0.39 is 12.1 Å². The quantitative estimate of drug-likeness (QED) is 0.0321. The maximum atomic E-state index is 12.5. The van der Waals surface area contributed by atoms with Crippen LogP contribution in [0.4, 0.5) is 0 Å². The highest BCUT2D eigenvalue weighted by Crippen LogP contribution is 2.17. The third-order valence-corrected chi connectivity index (χ3v) is 14.1. The minimum atomic E-state index is -0.848. The van der Waals surface area contributed by atoms with Gasteiger partial charge in [0.05, 0.1) is 25.4 Å². The van der Waals surface area contributed by atoms with Crippen LogP contribution < -0.4 is 5.32 Å². The number of nitrogens with one attached hydrogen (secondary N) is 1. The van der Waals surface area contributed by atoms with Gasteiger partial charge >= 0.3 is 5.97 Å². The van der Waals surface area contributed by atoms with Crippen molar-refractivity contribution in [2.75, 3.05) is 13.2 Å². The van der Waals surface area contributed by atoms with E-state index in [1.807, 2.05) is 6.08 Å². The summed E-state index contributed by atoms with van der Waals surface area (Å²) in [7, 11) is 0. The normalized spacial score (nSPS) is 12.9. The highest BCUT2D eigenvalue weighted by molar-refractivity contribution is 5.76. The standard InChI is InChI=1S/C64H119NO5/c1-3-5-7-9-11-13-15-17-19-25-30-34-38-42-46-50-54-58-64(69)70-59-55-51-47-43-39-35-31-27-24-22-20-21-23-26-29-33-37-41-45-49-53-57-63(68)65-61(60-66)62(67)56-52-48-44-40-36-32-28-18-16-14-12-10-8-6-4-2/h17,19,35,39,47,51-52,56,61-62,66-67H,3-16,18,20-34,36-38,40-46,48-50,53-55,57-60H2,1-2H3,(H,65,68)/b19-17-,39-35-,51-47-,56-52+. The average molecular weight is 983 g/mol. The van der Waals surface area contributed by atoms with Gasteiger partial charge in [0, 0.05) is 12.8 Å². The fourth-order valence-corrected chi connectivity index (χ4v) is 9.35. The van der Waals surface area contributed by atoms with Gasteiger partial charge in [-0.2, -0.15) is 0 Å². The van der Waals surface area contributed by atoms with E-state index in [2.05, 4.69) is 55.6 Å². The highest BCUT2D eigenvalue weighted by atomic mass is 16.5. The molecule has 2 unspecified atom stereocenters. The molecule has 0 aliphatic rings. The summed E-state index contributed by atoms with van der Waals surface area (Å²) in [4.78, 5) is 24.5. The van der Waals surface area contributed by atoms with E-state index in [9.17, 15) is 19.8 Å². The summed E-state index contributed by atoms with van der Waals surface area (Å²) >= 11 is 0. The number of hydrogen-bond acceptors (Lipinski definition) is 5. The molecule has 6 heteroatoms. The summed E-state index contributed by atoms with van der Waals surface area (Å²) in [6.45, 7) is 4.80. The highest BCUT2D eigenvalue weighted by Gasteiger charge is 2.18. The smallest absolute Gasteiger partial charge is 0.305 e. The third-order valence-electron chi connectivity index (χ3n) is 14.1. The van der Waals surface area contributed by atoms with Crippen molar-refractivity contribution in [3.05, 3.63) is 48.6 Å². The van der Waals surface area contributed by atoms with Crippen molar-refractivity contribution in [2.24, 2.45) is 0 Å². The summed E-state index contributed by atoms with van der Waals surface area (Å²) in [5.74, 6) is -0.112. The number of ether oxygens (including phenoxy) is 1. The Morgan fingerprint density at radius 3 is 1.10 bits per heavy atom. The maximum Gasteiger partial charge on any atom is 0.305 e. The van der Waals surface area contributed by atoms with E-state index in [0.717, 1.165) is 51.4 Å². The molecule has 0 aromatic carbocycles. The van der Waals surface area contributed by atoms with Gasteiger partial charge in [0.25, 0.3) is 0 Å². The van der Waals surface area contributed by atoms with Crippen molar-refractivity contribution in [3.8, 4) is 0 Å². The van der Waals surface area contributed by atoms with Crippen LogP contribution in [0.1, 0.15) is 322 Å². The van der Waals surface area contributed by atoms with E-state index in [0.29, 0.717) is 19.4 Å². The van der Waals surface area contributed by atoms with Crippen LogP contribution in [0, 0.1) is 0 Å². The number of amides is 1. The lowest BCUT2D eigenvalue weighted by atomic mass is 10.0. The Balaban J connectivity index is 3.47. The number of unbranched alkanes of at least 4 members (excludes halogenated alkanes) is 40. The molecule has 0 saturated carbocycles. The molecule has 0 aromatic heterocycles. The van der Waals surface area contributed by atoms with E-state index >= 15 is 0 Å². The summed E-state index contributed by atoms with van der Waals surface area (Å²) in [5, 5.41) is 23.1. The van der Waals surface area contributed by atoms with Gasteiger partial charge < -0.3 is 20.3 Å². The Morgan fingerprint density at radius 1 is 0.400 bits per heavy atom. The second-order valence-electron chi connectivity index (χ2n) is 21.0. The molecule has 0 heterocycles. The van der Waals surface area contributed by atoms with Crippen molar-refractivity contribution in [2.45, 2.75) is 334 Å². The van der Waals surface area contributed by atoms with E-state index in [4.69, 9.17) is 4.74 Å². The molecule has 1 amide bonds. The second kappa shape index (κ2) is 59.4. The largest absolute Gasteiger partial charge is 0.465 e. The first-order valence-electron chi connectivity index (χ1n) is 30.9. The molecule has 0 aromatic rings. The van der Waals surface area contributed by atoms with Crippen molar-refractivity contribution in [1.82, 2.24) is 5.32 Å². The number of carbonyl (C=O) groups excluding carboxylic acids is 2. The molecule has 6 nitrogen and oxygen atoms in total. The van der Waals surface area contributed by atoms with Crippen LogP contribution >= 0.6 is 0 Å². The Kier molecular flexibility index (Phi) is 57.5. The molecule has 0 aliphatic carbocycles. The average Bonchev–Trinajstić information content (AvgIpc) is 3.36. The molecule has 0 radical (unpaired) electrons. The van der Waals surface area contributed by atoms with Gasteiger partial charge in [-0.1, -0.05) is 281 Å². The first-order valence-corrected chi connectivity index (χ1v) is 30.9. The monoisotopic (exact) mass is 982 g/mol. The first kappa shape index (κ1) is 67.8. The molecule has 0 bridgehead atoms. The minimum absolute atomic E-state index is 0.0394. The van der Waals surface area contributed by atoms with Gasteiger partial charge in [-0.25, -0.2) is 0 Å². The zero-order valence-corrected chi connectivity index (χ0v) is 46.7. The lowest BCUT2D eigenvalue weighted by Crippen LogP contribution is -2.45. The summed E-state index contributed by atoms with van der Waals surface area (Å²) in [5.41, 5.74) is 0. The van der Waals surface area contributed by atoms with Crippen LogP contribution in [0.3, 0.4) is 0 Å². The van der Waals surface area contributed by atoms with Gasteiger partial charge in [-0.05, 0) is 77.0 Å². The third kappa shape index (κ3) is 55.1. The molecule has 0 saturated heterocycles. The van der Waals surface area contributed by atoms with Gasteiger partial charge in [-0.15, -0.1) is 0 Å². The Labute approximate surface area is 436 Å². The predicted octanol–water partition coefficient (Wildman–Crippen LogP) is 19.4. The number of aliphatic hydroxyl groups excluding tert-OH is 2. The van der Waals surface area contributed by atoms with Gasteiger partial charge in [0.2, 0.25) is 5.91 Å². The Hall–Kier alpha value is -2.18. The summed E-state index contributed by atoms with van der Waals surface area (Å²) in [6.07, 6.45) is 75.9. The van der Waals surface area contributed by atoms with Gasteiger partial charge in [-0.3, -0.25) is 9.59 Å². The van der Waals surface area contributed by atoms with Crippen LogP contribution in [-0.4, -0.2) is 47.4 Å². The predicted molar refractivity (Wildman–Crippen MR) is 306 cm³/mol. The number of aliphatic hydroxyl groups is 2. The molecule has 70 heavy (non-hydrogen) atoms. The molecule has 410 valence electrons. The van der Waals surface area contributed by atoms with Gasteiger partial charge in [0.15, 0.2) is 0 Å². The lowest BCUT2D eigenvalue weighted by Gasteiger charge is -2.20. The minimum Gasteiger partial charge on any atom is -0.465 e. The van der Waals surface area contributed by atoms with Crippen LogP contribution in [-0.2, 0) is 14.3 Å². The van der Waals surface area contributed by atoms with Crippen LogP contribution in [0.15, 0.2) is 48.6 Å². The van der Waals surface area contributed by atoms with Gasteiger partial charge in [0.1, 0.15) is 0 Å². The number of rotatable bonds is 57. The first-order chi connectivity index (χ1) is 34.5. The molecule has 3 N–H and O–H groups in total. The fourth-order valence-electron chi connectivity index (χ4n) is 9.35. The number of carbonyl (C=O) groups is 2. The van der Waals surface area contributed by atoms with Crippen LogP contribution in [0.25, 0.3) is 0 Å². The second-order valence-corrected chi connectivity index (χ2v) is 21.0. The Bertz CT molecular complexity index is 1180. The molecular weight excluding hydrogens is 863 g/mol. The van der Waals surface area contributed by atoms with Crippen molar-refractivity contribution in [3.63, 3.8) is 0 Å². The van der Waals surface area contributed by atoms with E-state index in [1.165, 1.54) is 244 Å². The molecule has 2 atom stereocenters. The summed E-state index contributed by atoms with van der Waals surface area (Å²) < 4.78 is 5.42. The van der Waals surface area contributed by atoms with Crippen molar-refractivity contribution in [1.29, 1.82) is 0 Å². The SMILES string of the molecule is CCCCCCCC/C=C\CCCCCCCCCC(=O)OCC/C=C\C/C=C\CCCCCCCCCCCCCCCCC(=O)NC(CO)C(O)/C=C/CCCCCCCCCCCCCCC. The lowest BCUT2D eigenvalue weighted by molar-refractivity contribution is -0.143. The number of esters is 1. The topological polar surface area (TPSA) is 95.9 Å². The van der Waals surface area contributed by atoms with E-state index in [-0.39, 0.29) is 18.5 Å². The molecule has 0 spiro atoms. The number of allylic oxidation sites excluding steroid dienone is 6. The Morgan fingerprint density at radius 2 is 0.714 bits per heavy atom. The van der Waals surface area contributed by atoms with Crippen molar-refractivity contribution >= 4 is 11.9 Å². The zero-order chi connectivity index (χ0) is 50.7. The molecule has 0 fully saturated rings. The zero-order valence-electron chi connectivity index (χ0n) is 46.7. The maximum absolute atomic E-state index is 12.5. The molecular formula is C64H119NO5. The fraction of sp³-hybridized carbons (Fsp3) is 0.844. The van der Waals surface area contributed by atoms with Crippen LogP contribution in [0.2, 0.25) is 0 Å². The molecule has 0 rings (SSSR count). The number of hydrogen-bond donors (Lipinski definition) is 3. The van der Waals surface area contributed by atoms with Crippen molar-refractivity contribution < 1.29 is 24.5 Å². The molecule has 0 aliphatic heterocycles. The van der Waals surface area contributed by atoms with Crippen LogP contribution in [0.5, 0.6) is 0 Å². The summed E-state index contributed by atoms with van der Waals surface area (Å²) in [6, 6.07) is -0.632.